The van der Waals surface area contributed by atoms with Gasteiger partial charge in [0.25, 0.3) is 5.91 Å². The molecule has 0 bridgehead atoms. The second-order valence-electron chi connectivity index (χ2n) is 7.02. The van der Waals surface area contributed by atoms with Crippen molar-refractivity contribution in [2.24, 2.45) is 0 Å². The van der Waals surface area contributed by atoms with Crippen LogP contribution in [-0.4, -0.2) is 44.1 Å². The van der Waals surface area contributed by atoms with E-state index in [9.17, 15) is 4.79 Å². The molecule has 8 heteroatoms. The Bertz CT molecular complexity index is 1060. The molecule has 0 fully saturated rings. The Labute approximate surface area is 205 Å². The van der Waals surface area contributed by atoms with Crippen molar-refractivity contribution in [1.29, 1.82) is 0 Å². The van der Waals surface area contributed by atoms with Crippen LogP contribution in [0.5, 0.6) is 17.2 Å². The number of carbonyl (C=O) groups is 1. The van der Waals surface area contributed by atoms with Crippen molar-refractivity contribution in [2.45, 2.75) is 6.92 Å². The number of rotatable bonds is 12. The predicted octanol–water partition coefficient (Wildman–Crippen LogP) is 4.69. The second kappa shape index (κ2) is 13.8. The molecule has 0 aliphatic carbocycles. The number of nitrogens with one attached hydrogen (secondary N) is 2. The Morgan fingerprint density at radius 2 is 1.38 bits per heavy atom. The number of ether oxygens (including phenoxy) is 4. The van der Waals surface area contributed by atoms with Crippen LogP contribution in [0, 0.1) is 0 Å². The average molecular weight is 481 g/mol. The molecule has 2 N–H and O–H groups in total. The Morgan fingerprint density at radius 3 is 2.12 bits per heavy atom. The summed E-state index contributed by atoms with van der Waals surface area (Å²) in [6, 6.07) is 23.8. The molecule has 0 saturated carbocycles. The molecule has 0 unspecified atom stereocenters. The van der Waals surface area contributed by atoms with E-state index in [1.54, 1.807) is 30.3 Å². The average Bonchev–Trinajstić information content (AvgIpc) is 2.85. The van der Waals surface area contributed by atoms with E-state index >= 15 is 0 Å². The van der Waals surface area contributed by atoms with E-state index < -0.39 is 0 Å². The highest BCUT2D eigenvalue weighted by molar-refractivity contribution is 7.80. The van der Waals surface area contributed by atoms with Crippen LogP contribution in [0.25, 0.3) is 0 Å². The first kappa shape index (κ1) is 25.0. The lowest BCUT2D eigenvalue weighted by Crippen LogP contribution is -2.34. The summed E-state index contributed by atoms with van der Waals surface area (Å²) in [4.78, 5) is 12.6. The van der Waals surface area contributed by atoms with E-state index in [1.807, 2.05) is 55.5 Å². The quantitative estimate of drug-likeness (QED) is 0.288. The maximum absolute atomic E-state index is 12.6. The van der Waals surface area contributed by atoms with Crippen LogP contribution in [0.15, 0.2) is 78.9 Å². The lowest BCUT2D eigenvalue weighted by Gasteiger charge is -2.12. The molecule has 34 heavy (non-hydrogen) atoms. The summed E-state index contributed by atoms with van der Waals surface area (Å²) in [6.07, 6.45) is 0. The van der Waals surface area contributed by atoms with E-state index in [1.165, 1.54) is 0 Å². The van der Waals surface area contributed by atoms with Crippen molar-refractivity contribution in [2.75, 3.05) is 38.4 Å². The zero-order chi connectivity index (χ0) is 24.0. The molecule has 3 rings (SSSR count). The molecule has 0 aromatic heterocycles. The van der Waals surface area contributed by atoms with Gasteiger partial charge in [0.05, 0.1) is 6.61 Å². The van der Waals surface area contributed by atoms with Crippen molar-refractivity contribution in [1.82, 2.24) is 5.32 Å². The van der Waals surface area contributed by atoms with Crippen LogP contribution < -0.4 is 24.8 Å². The molecule has 3 aromatic carbocycles. The number of carbonyl (C=O) groups excluding carboxylic acids is 1. The first-order valence-electron chi connectivity index (χ1n) is 11.0. The minimum Gasteiger partial charge on any atom is -0.491 e. The second-order valence-corrected chi connectivity index (χ2v) is 7.43. The van der Waals surface area contributed by atoms with Gasteiger partial charge in [0.15, 0.2) is 5.11 Å². The molecule has 0 radical (unpaired) electrons. The summed E-state index contributed by atoms with van der Waals surface area (Å²) in [6.45, 7) is 4.27. The van der Waals surface area contributed by atoms with Crippen molar-refractivity contribution >= 4 is 28.9 Å². The van der Waals surface area contributed by atoms with Gasteiger partial charge in [-0.05, 0) is 61.6 Å². The molecule has 1 amide bonds. The van der Waals surface area contributed by atoms with Gasteiger partial charge in [0.1, 0.15) is 37.1 Å². The molecule has 0 aliphatic heterocycles. The molecule has 0 spiro atoms. The van der Waals surface area contributed by atoms with Gasteiger partial charge in [-0.3, -0.25) is 10.1 Å². The molecule has 178 valence electrons. The van der Waals surface area contributed by atoms with Crippen molar-refractivity contribution in [3.05, 3.63) is 84.4 Å². The highest BCUT2D eigenvalue weighted by Gasteiger charge is 2.10. The molecule has 7 nitrogen and oxygen atoms in total. The van der Waals surface area contributed by atoms with Crippen LogP contribution in [0.3, 0.4) is 0 Å². The van der Waals surface area contributed by atoms with E-state index in [-0.39, 0.29) is 11.0 Å². The van der Waals surface area contributed by atoms with Crippen molar-refractivity contribution < 1.29 is 23.7 Å². The Morgan fingerprint density at radius 1 is 0.765 bits per heavy atom. The van der Waals surface area contributed by atoms with Gasteiger partial charge in [-0.2, -0.15) is 0 Å². The maximum atomic E-state index is 12.6. The third kappa shape index (κ3) is 8.73. The molecular formula is C26H28N2O5S. The largest absolute Gasteiger partial charge is 0.491 e. The zero-order valence-electron chi connectivity index (χ0n) is 19.0. The number of anilines is 1. The summed E-state index contributed by atoms with van der Waals surface area (Å²) in [7, 11) is 0. The summed E-state index contributed by atoms with van der Waals surface area (Å²) in [5, 5.41) is 5.86. The van der Waals surface area contributed by atoms with Gasteiger partial charge in [0, 0.05) is 23.9 Å². The number of thiocarbonyl (C=S) groups is 1. The number of hydrogen-bond acceptors (Lipinski definition) is 6. The van der Waals surface area contributed by atoms with Crippen LogP contribution in [0.2, 0.25) is 0 Å². The van der Waals surface area contributed by atoms with Crippen LogP contribution in [-0.2, 0) is 4.74 Å². The highest BCUT2D eigenvalue weighted by atomic mass is 32.1. The minimum atomic E-state index is -0.335. The van der Waals surface area contributed by atoms with Gasteiger partial charge < -0.3 is 24.3 Å². The third-order valence-electron chi connectivity index (χ3n) is 4.48. The Balaban J connectivity index is 1.45. The molecule has 0 heterocycles. The van der Waals surface area contributed by atoms with E-state index in [0.29, 0.717) is 55.8 Å². The van der Waals surface area contributed by atoms with Gasteiger partial charge >= 0.3 is 0 Å². The zero-order valence-corrected chi connectivity index (χ0v) is 19.8. The fraction of sp³-hybridized carbons (Fsp3) is 0.231. The predicted molar refractivity (Wildman–Crippen MR) is 136 cm³/mol. The number of benzene rings is 3. The highest BCUT2D eigenvalue weighted by Crippen LogP contribution is 2.18. The van der Waals surface area contributed by atoms with Gasteiger partial charge in [-0.1, -0.05) is 30.3 Å². The first-order chi connectivity index (χ1) is 16.6. The van der Waals surface area contributed by atoms with E-state index in [0.717, 1.165) is 5.75 Å². The fourth-order valence-corrected chi connectivity index (χ4v) is 3.14. The Hall–Kier alpha value is -3.62. The number of amides is 1. The van der Waals surface area contributed by atoms with Gasteiger partial charge in [-0.25, -0.2) is 0 Å². The first-order valence-corrected chi connectivity index (χ1v) is 11.4. The fourth-order valence-electron chi connectivity index (χ4n) is 2.93. The summed E-state index contributed by atoms with van der Waals surface area (Å²) >= 11 is 5.30. The van der Waals surface area contributed by atoms with Gasteiger partial charge in [-0.15, -0.1) is 0 Å². The van der Waals surface area contributed by atoms with E-state index in [4.69, 9.17) is 31.2 Å². The normalized spacial score (nSPS) is 10.3. The lowest BCUT2D eigenvalue weighted by molar-refractivity contribution is 0.0976. The van der Waals surface area contributed by atoms with Crippen molar-refractivity contribution in [3.8, 4) is 17.2 Å². The summed E-state index contributed by atoms with van der Waals surface area (Å²) < 4.78 is 22.2. The summed E-state index contributed by atoms with van der Waals surface area (Å²) in [5.41, 5.74) is 1.13. The Kier molecular flexibility index (Phi) is 10.2. The molecule has 0 saturated heterocycles. The van der Waals surface area contributed by atoms with Crippen LogP contribution in [0.1, 0.15) is 17.3 Å². The van der Waals surface area contributed by atoms with E-state index in [2.05, 4.69) is 10.6 Å². The topological polar surface area (TPSA) is 78.1 Å². The molecular weight excluding hydrogens is 452 g/mol. The number of para-hydroxylation sites is 1. The standard InChI is InChI=1S/C26H28N2O5S/c1-2-30-14-15-32-23-12-6-8-20(18-23)25(29)28-26(34)27-21-9-7-13-24(19-21)33-17-16-31-22-10-4-3-5-11-22/h3-13,18-19H,2,14-17H2,1H3,(H2,27,28,29,34). The van der Waals surface area contributed by atoms with Crippen molar-refractivity contribution in [3.63, 3.8) is 0 Å². The number of hydrogen-bond donors (Lipinski definition) is 2. The smallest absolute Gasteiger partial charge is 0.257 e. The van der Waals surface area contributed by atoms with Gasteiger partial charge in [0.2, 0.25) is 0 Å². The molecule has 0 atom stereocenters. The van der Waals surface area contributed by atoms with Crippen LogP contribution in [0.4, 0.5) is 5.69 Å². The summed E-state index contributed by atoms with van der Waals surface area (Å²) in [5.74, 6) is 1.71. The molecule has 3 aromatic rings. The maximum Gasteiger partial charge on any atom is 0.257 e. The van der Waals surface area contributed by atoms with Crippen LogP contribution >= 0.6 is 12.2 Å². The SMILES string of the molecule is CCOCCOc1cccc(C(=O)NC(=S)Nc2cccc(OCCOc3ccccc3)c2)c1. The minimum absolute atomic E-state index is 0.178. The third-order valence-corrected chi connectivity index (χ3v) is 4.68. The lowest BCUT2D eigenvalue weighted by atomic mass is 10.2. The molecule has 0 aliphatic rings. The monoisotopic (exact) mass is 480 g/mol.